The number of nitrogens with one attached hydrogen (secondary N) is 1. The monoisotopic (exact) mass is 384 g/mol. The highest BCUT2D eigenvalue weighted by molar-refractivity contribution is 5.91. The fourth-order valence-corrected chi connectivity index (χ4v) is 3.54. The van der Waals surface area contributed by atoms with E-state index < -0.39 is 11.4 Å². The van der Waals surface area contributed by atoms with Crippen molar-refractivity contribution in [2.24, 2.45) is 0 Å². The van der Waals surface area contributed by atoms with Crippen LogP contribution < -0.4 is 5.32 Å². The Bertz CT molecular complexity index is 1060. The molecule has 0 aliphatic carbocycles. The van der Waals surface area contributed by atoms with Crippen LogP contribution in [0.2, 0.25) is 0 Å². The Morgan fingerprint density at radius 2 is 2.21 bits per heavy atom. The lowest BCUT2D eigenvalue weighted by molar-refractivity contribution is -0.114. The lowest BCUT2D eigenvalue weighted by atomic mass is 9.97. The molecule has 28 heavy (non-hydrogen) atoms. The lowest BCUT2D eigenvalue weighted by Crippen LogP contribution is -2.30. The van der Waals surface area contributed by atoms with E-state index in [0.29, 0.717) is 42.2 Å². The number of hydrogen-bond acceptors (Lipinski definition) is 5. The number of aryl methyl sites for hydroxylation is 1. The van der Waals surface area contributed by atoms with Crippen LogP contribution in [0.15, 0.2) is 30.6 Å². The van der Waals surface area contributed by atoms with Crippen molar-refractivity contribution < 1.29 is 18.7 Å². The van der Waals surface area contributed by atoms with Crippen molar-refractivity contribution in [1.29, 1.82) is 0 Å². The van der Waals surface area contributed by atoms with Gasteiger partial charge >= 0.3 is 0 Å². The molecule has 8 heteroatoms. The van der Waals surface area contributed by atoms with E-state index in [1.165, 1.54) is 19.3 Å². The molecule has 1 saturated heterocycles. The highest BCUT2D eigenvalue weighted by Crippen LogP contribution is 2.34. The molecule has 4 heterocycles. The fourth-order valence-electron chi connectivity index (χ4n) is 3.54. The van der Waals surface area contributed by atoms with E-state index in [4.69, 9.17) is 14.5 Å². The average molecular weight is 384 g/mol. The zero-order valence-corrected chi connectivity index (χ0v) is 16.0. The summed E-state index contributed by atoms with van der Waals surface area (Å²) < 4.78 is 27.5. The number of anilines is 1. The van der Waals surface area contributed by atoms with Gasteiger partial charge in [0, 0.05) is 45.5 Å². The van der Waals surface area contributed by atoms with E-state index in [1.54, 1.807) is 17.7 Å². The second kappa shape index (κ2) is 6.96. The van der Waals surface area contributed by atoms with E-state index in [9.17, 15) is 9.18 Å². The molecule has 0 aromatic carbocycles. The molecule has 1 aliphatic rings. The molecule has 3 aromatic rings. The van der Waals surface area contributed by atoms with Crippen molar-refractivity contribution in [3.05, 3.63) is 47.7 Å². The SMILES string of the molecule is CO[C@@]1(c2cc(C)cc(-n3cc(F)c4cnc(NC(C)=O)cc43)n2)CCOC1. The summed E-state index contributed by atoms with van der Waals surface area (Å²) in [6, 6.07) is 5.47. The van der Waals surface area contributed by atoms with Crippen molar-refractivity contribution in [3.8, 4) is 5.82 Å². The maximum atomic E-state index is 14.5. The minimum Gasteiger partial charge on any atom is -0.378 e. The van der Waals surface area contributed by atoms with Gasteiger partial charge in [-0.15, -0.1) is 0 Å². The minimum absolute atomic E-state index is 0.246. The van der Waals surface area contributed by atoms with Gasteiger partial charge in [-0.05, 0) is 24.6 Å². The molecule has 0 unspecified atom stereocenters. The Morgan fingerprint density at radius 3 is 2.89 bits per heavy atom. The van der Waals surface area contributed by atoms with Crippen LogP contribution in [0.4, 0.5) is 10.2 Å². The first-order valence-electron chi connectivity index (χ1n) is 8.98. The third-order valence-corrected chi connectivity index (χ3v) is 4.99. The fraction of sp³-hybridized carbons (Fsp3) is 0.350. The predicted molar refractivity (Wildman–Crippen MR) is 102 cm³/mol. The molecule has 1 fully saturated rings. The number of methoxy groups -OCH3 is 1. The first kappa shape index (κ1) is 18.5. The Balaban J connectivity index is 1.87. The molecule has 3 aromatic heterocycles. The van der Waals surface area contributed by atoms with E-state index in [1.807, 2.05) is 19.1 Å². The average Bonchev–Trinajstić information content (AvgIpc) is 3.26. The van der Waals surface area contributed by atoms with Crippen LogP contribution in [0.25, 0.3) is 16.7 Å². The van der Waals surface area contributed by atoms with Gasteiger partial charge in [0.25, 0.3) is 0 Å². The number of aromatic nitrogens is 3. The lowest BCUT2D eigenvalue weighted by Gasteiger charge is -2.26. The largest absolute Gasteiger partial charge is 0.378 e. The molecule has 1 atom stereocenters. The molecule has 0 radical (unpaired) electrons. The second-order valence-electron chi connectivity index (χ2n) is 7.00. The van der Waals surface area contributed by atoms with Gasteiger partial charge in [-0.1, -0.05) is 0 Å². The van der Waals surface area contributed by atoms with Crippen molar-refractivity contribution in [2.45, 2.75) is 25.9 Å². The van der Waals surface area contributed by atoms with Gasteiger partial charge in [0.2, 0.25) is 5.91 Å². The van der Waals surface area contributed by atoms with Gasteiger partial charge in [0.05, 0.1) is 23.2 Å². The van der Waals surface area contributed by atoms with E-state index in [2.05, 4.69) is 10.3 Å². The second-order valence-corrected chi connectivity index (χ2v) is 7.00. The molecule has 146 valence electrons. The molecule has 1 amide bonds. The van der Waals surface area contributed by atoms with Gasteiger partial charge in [-0.3, -0.25) is 9.36 Å². The first-order valence-corrected chi connectivity index (χ1v) is 8.98. The molecule has 4 rings (SSSR count). The first-order chi connectivity index (χ1) is 13.4. The van der Waals surface area contributed by atoms with Crippen LogP contribution in [0.1, 0.15) is 24.6 Å². The van der Waals surface area contributed by atoms with Crippen LogP contribution in [0.3, 0.4) is 0 Å². The Morgan fingerprint density at radius 1 is 1.39 bits per heavy atom. The van der Waals surface area contributed by atoms with Gasteiger partial charge in [0.15, 0.2) is 5.82 Å². The summed E-state index contributed by atoms with van der Waals surface area (Å²) in [5.41, 5.74) is 1.68. The number of fused-ring (bicyclic) bond motifs is 1. The van der Waals surface area contributed by atoms with Crippen LogP contribution >= 0.6 is 0 Å². The number of carbonyl (C=O) groups excluding carboxylic acids is 1. The molecular weight excluding hydrogens is 363 g/mol. The minimum atomic E-state index is -0.606. The van der Waals surface area contributed by atoms with Crippen LogP contribution in [0.5, 0.6) is 0 Å². The number of rotatable bonds is 4. The number of pyridine rings is 2. The molecule has 1 aliphatic heterocycles. The summed E-state index contributed by atoms with van der Waals surface area (Å²) in [6.07, 6.45) is 3.49. The standard InChI is InChI=1S/C20H21FN4O3/c1-12-6-17(20(27-3)4-5-28-11-20)24-19(7-12)25-10-15(21)14-9-22-18(8-16(14)25)23-13(2)26/h6-10H,4-5,11H2,1-3H3,(H,22,23,26)/t20-/m0/s1. The quantitative estimate of drug-likeness (QED) is 0.748. The summed E-state index contributed by atoms with van der Waals surface area (Å²) in [5.74, 6) is 0.258. The Hall–Kier alpha value is -2.84. The van der Waals surface area contributed by atoms with Gasteiger partial charge in [-0.2, -0.15) is 0 Å². The summed E-state index contributed by atoms with van der Waals surface area (Å²) in [6.45, 7) is 4.39. The molecule has 0 saturated carbocycles. The number of halogens is 1. The van der Waals surface area contributed by atoms with Crippen LogP contribution in [-0.4, -0.2) is 40.8 Å². The van der Waals surface area contributed by atoms with Crippen molar-refractivity contribution in [3.63, 3.8) is 0 Å². The summed E-state index contributed by atoms with van der Waals surface area (Å²) in [7, 11) is 1.65. The number of carbonyl (C=O) groups is 1. The number of nitrogens with zero attached hydrogens (tertiary/aromatic N) is 3. The Kier molecular flexibility index (Phi) is 4.60. The third-order valence-electron chi connectivity index (χ3n) is 4.99. The van der Waals surface area contributed by atoms with E-state index in [0.717, 1.165) is 11.3 Å². The summed E-state index contributed by atoms with van der Waals surface area (Å²) >= 11 is 0. The van der Waals surface area contributed by atoms with Crippen molar-refractivity contribution in [1.82, 2.24) is 14.5 Å². The number of amides is 1. The normalized spacial score (nSPS) is 19.3. The highest BCUT2D eigenvalue weighted by Gasteiger charge is 2.38. The van der Waals surface area contributed by atoms with Crippen molar-refractivity contribution >= 4 is 22.6 Å². The predicted octanol–water partition coefficient (Wildman–Crippen LogP) is 3.09. The number of hydrogen-bond donors (Lipinski definition) is 1. The van der Waals surface area contributed by atoms with Gasteiger partial charge in [-0.25, -0.2) is 14.4 Å². The molecular formula is C20H21FN4O3. The third kappa shape index (κ3) is 3.14. The molecule has 0 spiro atoms. The van der Waals surface area contributed by atoms with Gasteiger partial charge in [0.1, 0.15) is 17.2 Å². The zero-order chi connectivity index (χ0) is 19.9. The Labute approximate surface area is 161 Å². The smallest absolute Gasteiger partial charge is 0.222 e. The van der Waals surface area contributed by atoms with Crippen LogP contribution in [0, 0.1) is 12.7 Å². The van der Waals surface area contributed by atoms with Gasteiger partial charge < -0.3 is 14.8 Å². The molecule has 0 bridgehead atoms. The maximum Gasteiger partial charge on any atom is 0.222 e. The van der Waals surface area contributed by atoms with E-state index >= 15 is 0 Å². The topological polar surface area (TPSA) is 78.3 Å². The molecule has 7 nitrogen and oxygen atoms in total. The zero-order valence-electron chi connectivity index (χ0n) is 16.0. The molecule has 1 N–H and O–H groups in total. The van der Waals surface area contributed by atoms with Crippen molar-refractivity contribution in [2.75, 3.05) is 25.6 Å². The number of ether oxygens (including phenoxy) is 2. The summed E-state index contributed by atoms with van der Waals surface area (Å²) in [4.78, 5) is 20.2. The van der Waals surface area contributed by atoms with E-state index in [-0.39, 0.29) is 5.91 Å². The maximum absolute atomic E-state index is 14.5. The highest BCUT2D eigenvalue weighted by atomic mass is 19.1. The van der Waals surface area contributed by atoms with Crippen LogP contribution in [-0.2, 0) is 19.9 Å². The summed E-state index contributed by atoms with van der Waals surface area (Å²) in [5, 5.41) is 2.98.